The van der Waals surface area contributed by atoms with Crippen LogP contribution in [0.25, 0.3) is 0 Å². The van der Waals surface area contributed by atoms with Gasteiger partial charge < -0.3 is 5.73 Å². The van der Waals surface area contributed by atoms with E-state index in [1.807, 2.05) is 0 Å². The van der Waals surface area contributed by atoms with E-state index in [1.165, 1.54) is 6.07 Å². The van der Waals surface area contributed by atoms with Crippen molar-refractivity contribution in [3.05, 3.63) is 35.4 Å². The van der Waals surface area contributed by atoms with Gasteiger partial charge in [0, 0.05) is 12.1 Å². The smallest absolute Gasteiger partial charge is 0.163 e. The molecular formula is C14H22F2N2. The summed E-state index contributed by atoms with van der Waals surface area (Å²) in [6.07, 6.45) is 1.93. The second kappa shape index (κ2) is 7.44. The van der Waals surface area contributed by atoms with E-state index in [4.69, 9.17) is 5.73 Å². The number of rotatable bonds is 7. The van der Waals surface area contributed by atoms with Gasteiger partial charge in [-0.05, 0) is 32.0 Å². The number of nitrogens with two attached hydrogens (primary N) is 1. The van der Waals surface area contributed by atoms with Gasteiger partial charge in [-0.1, -0.05) is 26.0 Å². The van der Waals surface area contributed by atoms with Gasteiger partial charge in [0.05, 0.1) is 6.04 Å². The normalized spacial score (nSPS) is 13.0. The van der Waals surface area contributed by atoms with E-state index in [2.05, 4.69) is 18.7 Å². The van der Waals surface area contributed by atoms with E-state index < -0.39 is 11.6 Å². The lowest BCUT2D eigenvalue weighted by Gasteiger charge is -2.31. The molecule has 102 valence electrons. The summed E-state index contributed by atoms with van der Waals surface area (Å²) in [6.45, 7) is 6.11. The molecule has 2 N–H and O–H groups in total. The molecule has 18 heavy (non-hydrogen) atoms. The summed E-state index contributed by atoms with van der Waals surface area (Å²) in [5.74, 6) is -1.58. The average molecular weight is 256 g/mol. The average Bonchev–Trinajstić information content (AvgIpc) is 2.36. The van der Waals surface area contributed by atoms with E-state index in [0.29, 0.717) is 12.1 Å². The van der Waals surface area contributed by atoms with Gasteiger partial charge in [0.25, 0.3) is 0 Å². The number of halogens is 2. The zero-order valence-corrected chi connectivity index (χ0v) is 11.1. The first-order chi connectivity index (χ1) is 8.65. The molecule has 2 nitrogen and oxygen atoms in total. The van der Waals surface area contributed by atoms with Crippen molar-refractivity contribution in [2.24, 2.45) is 5.73 Å². The molecular weight excluding hydrogens is 234 g/mol. The summed E-state index contributed by atoms with van der Waals surface area (Å²) in [7, 11) is 0. The minimum atomic E-state index is -0.807. The van der Waals surface area contributed by atoms with Gasteiger partial charge in [0.1, 0.15) is 0 Å². The SMILES string of the molecule is CCCN(CCC)C(CN)c1cccc(F)c1F. The second-order valence-electron chi connectivity index (χ2n) is 4.43. The summed E-state index contributed by atoms with van der Waals surface area (Å²) in [5.41, 5.74) is 6.11. The van der Waals surface area contributed by atoms with E-state index >= 15 is 0 Å². The summed E-state index contributed by atoms with van der Waals surface area (Å²) in [4.78, 5) is 2.12. The third-order valence-corrected chi connectivity index (χ3v) is 3.03. The van der Waals surface area contributed by atoms with Crippen LogP contribution in [0.3, 0.4) is 0 Å². The molecule has 1 rings (SSSR count). The van der Waals surface area contributed by atoms with E-state index in [9.17, 15) is 8.78 Å². The van der Waals surface area contributed by atoms with Crippen LogP contribution in [0.5, 0.6) is 0 Å². The van der Waals surface area contributed by atoms with Gasteiger partial charge in [-0.15, -0.1) is 0 Å². The second-order valence-corrected chi connectivity index (χ2v) is 4.43. The van der Waals surface area contributed by atoms with Crippen molar-refractivity contribution in [1.82, 2.24) is 4.90 Å². The van der Waals surface area contributed by atoms with Gasteiger partial charge in [0.2, 0.25) is 0 Å². The fraction of sp³-hybridized carbons (Fsp3) is 0.571. The van der Waals surface area contributed by atoms with Crippen molar-refractivity contribution in [2.45, 2.75) is 32.7 Å². The number of nitrogens with zero attached hydrogens (tertiary/aromatic N) is 1. The zero-order valence-electron chi connectivity index (χ0n) is 11.1. The number of hydrogen-bond acceptors (Lipinski definition) is 2. The van der Waals surface area contributed by atoms with Crippen LogP contribution in [-0.4, -0.2) is 24.5 Å². The van der Waals surface area contributed by atoms with Crippen molar-refractivity contribution >= 4 is 0 Å². The summed E-state index contributed by atoms with van der Waals surface area (Å²) in [6, 6.07) is 4.04. The molecule has 0 amide bonds. The number of hydrogen-bond donors (Lipinski definition) is 1. The first-order valence-electron chi connectivity index (χ1n) is 6.53. The van der Waals surface area contributed by atoms with Gasteiger partial charge in [0.15, 0.2) is 11.6 Å². The largest absolute Gasteiger partial charge is 0.329 e. The molecule has 1 atom stereocenters. The fourth-order valence-corrected chi connectivity index (χ4v) is 2.25. The van der Waals surface area contributed by atoms with Crippen LogP contribution >= 0.6 is 0 Å². The van der Waals surface area contributed by atoms with Gasteiger partial charge in [-0.25, -0.2) is 8.78 Å². The first-order valence-corrected chi connectivity index (χ1v) is 6.53. The molecule has 0 bridgehead atoms. The molecule has 0 aliphatic heterocycles. The predicted octanol–water partition coefficient (Wildman–Crippen LogP) is 3.09. The Morgan fingerprint density at radius 3 is 2.28 bits per heavy atom. The molecule has 1 unspecified atom stereocenters. The summed E-state index contributed by atoms with van der Waals surface area (Å²) in [5, 5.41) is 0. The number of benzene rings is 1. The lowest BCUT2D eigenvalue weighted by molar-refractivity contribution is 0.197. The maximum atomic E-state index is 13.8. The molecule has 0 radical (unpaired) electrons. The van der Waals surface area contributed by atoms with Gasteiger partial charge in [-0.3, -0.25) is 4.90 Å². The topological polar surface area (TPSA) is 29.3 Å². The van der Waals surface area contributed by atoms with Crippen molar-refractivity contribution in [2.75, 3.05) is 19.6 Å². The molecule has 0 heterocycles. The standard InChI is InChI=1S/C14H22F2N2/c1-3-8-18(9-4-2)13(10-17)11-6-5-7-12(15)14(11)16/h5-7,13H,3-4,8-10,17H2,1-2H3. The molecule has 0 aliphatic carbocycles. The molecule has 0 spiro atoms. The highest BCUT2D eigenvalue weighted by atomic mass is 19.2. The predicted molar refractivity (Wildman–Crippen MR) is 70.3 cm³/mol. The Balaban J connectivity index is 3.02. The Bertz CT molecular complexity index is 363. The third kappa shape index (κ3) is 3.50. The highest BCUT2D eigenvalue weighted by Crippen LogP contribution is 2.24. The van der Waals surface area contributed by atoms with Crippen molar-refractivity contribution in [1.29, 1.82) is 0 Å². The Kier molecular flexibility index (Phi) is 6.22. The highest BCUT2D eigenvalue weighted by molar-refractivity contribution is 5.23. The Labute approximate surface area is 108 Å². The minimum Gasteiger partial charge on any atom is -0.329 e. The van der Waals surface area contributed by atoms with E-state index in [-0.39, 0.29) is 6.04 Å². The summed E-state index contributed by atoms with van der Waals surface area (Å²) < 4.78 is 27.1. The van der Waals surface area contributed by atoms with Crippen LogP contribution in [0.4, 0.5) is 8.78 Å². The molecule has 0 saturated carbocycles. The van der Waals surface area contributed by atoms with Crippen LogP contribution in [0.15, 0.2) is 18.2 Å². The quantitative estimate of drug-likeness (QED) is 0.812. The summed E-state index contributed by atoms with van der Waals surface area (Å²) >= 11 is 0. The van der Waals surface area contributed by atoms with Crippen LogP contribution in [0.1, 0.15) is 38.3 Å². The lowest BCUT2D eigenvalue weighted by atomic mass is 10.0. The molecule has 1 aromatic carbocycles. The molecule has 0 aliphatic rings. The van der Waals surface area contributed by atoms with Crippen molar-refractivity contribution in [3.8, 4) is 0 Å². The van der Waals surface area contributed by atoms with Crippen LogP contribution in [0.2, 0.25) is 0 Å². The fourth-order valence-electron chi connectivity index (χ4n) is 2.25. The Hall–Kier alpha value is -1.00. The Morgan fingerprint density at radius 1 is 1.17 bits per heavy atom. The molecule has 0 saturated heterocycles. The lowest BCUT2D eigenvalue weighted by Crippen LogP contribution is -2.35. The van der Waals surface area contributed by atoms with E-state index in [1.54, 1.807) is 6.07 Å². The van der Waals surface area contributed by atoms with Crippen LogP contribution in [-0.2, 0) is 0 Å². The Morgan fingerprint density at radius 2 is 1.78 bits per heavy atom. The molecule has 0 aromatic heterocycles. The van der Waals surface area contributed by atoms with Crippen molar-refractivity contribution < 1.29 is 8.78 Å². The van der Waals surface area contributed by atoms with E-state index in [0.717, 1.165) is 32.0 Å². The zero-order chi connectivity index (χ0) is 13.5. The minimum absolute atomic E-state index is 0.249. The highest BCUT2D eigenvalue weighted by Gasteiger charge is 2.22. The van der Waals surface area contributed by atoms with Gasteiger partial charge >= 0.3 is 0 Å². The third-order valence-electron chi connectivity index (χ3n) is 3.03. The molecule has 1 aromatic rings. The van der Waals surface area contributed by atoms with Gasteiger partial charge in [-0.2, -0.15) is 0 Å². The molecule has 4 heteroatoms. The van der Waals surface area contributed by atoms with Crippen LogP contribution < -0.4 is 5.73 Å². The van der Waals surface area contributed by atoms with Crippen molar-refractivity contribution in [3.63, 3.8) is 0 Å². The maximum Gasteiger partial charge on any atom is 0.163 e. The molecule has 0 fully saturated rings. The van der Waals surface area contributed by atoms with Crippen LogP contribution in [0, 0.1) is 11.6 Å². The first kappa shape index (κ1) is 15.1. The monoisotopic (exact) mass is 256 g/mol. The maximum absolute atomic E-state index is 13.8.